The van der Waals surface area contributed by atoms with E-state index in [0.29, 0.717) is 6.42 Å². The molecule has 0 aliphatic carbocycles. The zero-order valence-electron chi connectivity index (χ0n) is 16.4. The molecule has 2 heterocycles. The third-order valence-electron chi connectivity index (χ3n) is 5.60. The average Bonchev–Trinajstić information content (AvgIpc) is 2.97. The summed E-state index contributed by atoms with van der Waals surface area (Å²) in [6.45, 7) is 9.63. The number of rotatable bonds is 3. The molecule has 2 aromatic carbocycles. The largest absolute Gasteiger partial charge is 0.368 e. The van der Waals surface area contributed by atoms with Gasteiger partial charge in [-0.3, -0.25) is 4.79 Å². The summed E-state index contributed by atoms with van der Waals surface area (Å²) in [7, 11) is 0. The number of amides is 1. The van der Waals surface area contributed by atoms with Crippen molar-refractivity contribution in [2.75, 3.05) is 31.1 Å². The molecule has 0 atom stereocenters. The molecule has 1 aliphatic heterocycles. The molecule has 1 fully saturated rings. The number of fused-ring (bicyclic) bond motifs is 1. The lowest BCUT2D eigenvalue weighted by Crippen LogP contribution is -2.49. The van der Waals surface area contributed by atoms with Gasteiger partial charge in [0, 0.05) is 48.5 Å². The number of piperazine rings is 1. The normalized spacial score (nSPS) is 14.8. The molecule has 27 heavy (non-hydrogen) atoms. The first-order valence-electron chi connectivity index (χ1n) is 9.68. The fourth-order valence-electron chi connectivity index (χ4n) is 4.03. The molecule has 1 saturated heterocycles. The van der Waals surface area contributed by atoms with Crippen LogP contribution in [0.5, 0.6) is 0 Å². The highest BCUT2D eigenvalue weighted by atomic mass is 16.2. The lowest BCUT2D eigenvalue weighted by atomic mass is 10.0. The Labute approximate surface area is 160 Å². The van der Waals surface area contributed by atoms with Crippen LogP contribution in [0.3, 0.4) is 0 Å². The summed E-state index contributed by atoms with van der Waals surface area (Å²) in [6.07, 6.45) is 0.472. The summed E-state index contributed by atoms with van der Waals surface area (Å²) in [6, 6.07) is 15.0. The monoisotopic (exact) mass is 361 g/mol. The van der Waals surface area contributed by atoms with E-state index >= 15 is 0 Å². The fourth-order valence-corrected chi connectivity index (χ4v) is 4.03. The molecule has 1 N–H and O–H groups in total. The minimum atomic E-state index is 0.226. The van der Waals surface area contributed by atoms with Gasteiger partial charge in [-0.2, -0.15) is 0 Å². The lowest BCUT2D eigenvalue weighted by molar-refractivity contribution is -0.130. The number of hydrogen-bond acceptors (Lipinski definition) is 2. The van der Waals surface area contributed by atoms with Crippen molar-refractivity contribution in [2.45, 2.75) is 27.2 Å². The third kappa shape index (κ3) is 3.57. The molecule has 1 amide bonds. The van der Waals surface area contributed by atoms with Crippen LogP contribution in [0.15, 0.2) is 42.5 Å². The van der Waals surface area contributed by atoms with Crippen LogP contribution < -0.4 is 4.90 Å². The van der Waals surface area contributed by atoms with Gasteiger partial charge < -0.3 is 14.8 Å². The molecule has 0 saturated carbocycles. The first kappa shape index (κ1) is 17.7. The number of hydrogen-bond donors (Lipinski definition) is 1. The Balaban J connectivity index is 1.44. The molecule has 140 valence electrons. The fraction of sp³-hybridized carbons (Fsp3) is 0.348. The molecule has 4 heteroatoms. The first-order valence-corrected chi connectivity index (χ1v) is 9.68. The highest BCUT2D eigenvalue weighted by Gasteiger charge is 2.23. The van der Waals surface area contributed by atoms with Crippen molar-refractivity contribution in [3.8, 4) is 0 Å². The van der Waals surface area contributed by atoms with Crippen LogP contribution in [-0.2, 0) is 11.2 Å². The highest BCUT2D eigenvalue weighted by Crippen LogP contribution is 2.25. The van der Waals surface area contributed by atoms with Crippen LogP contribution in [0.2, 0.25) is 0 Å². The number of nitrogens with one attached hydrogen (secondary N) is 1. The van der Waals surface area contributed by atoms with E-state index in [4.69, 9.17) is 0 Å². The zero-order valence-corrected chi connectivity index (χ0v) is 16.4. The Kier molecular flexibility index (Phi) is 4.65. The minimum Gasteiger partial charge on any atom is -0.368 e. The van der Waals surface area contributed by atoms with E-state index in [0.717, 1.165) is 43.0 Å². The molecule has 3 aromatic rings. The van der Waals surface area contributed by atoms with Crippen molar-refractivity contribution in [1.29, 1.82) is 0 Å². The van der Waals surface area contributed by atoms with Gasteiger partial charge in [0.2, 0.25) is 5.91 Å². The van der Waals surface area contributed by atoms with Gasteiger partial charge in [0.25, 0.3) is 0 Å². The van der Waals surface area contributed by atoms with Crippen LogP contribution in [0, 0.1) is 20.8 Å². The van der Waals surface area contributed by atoms with Crippen molar-refractivity contribution in [2.24, 2.45) is 0 Å². The summed E-state index contributed by atoms with van der Waals surface area (Å²) >= 11 is 0. The van der Waals surface area contributed by atoms with Crippen molar-refractivity contribution < 1.29 is 4.79 Å². The second kappa shape index (κ2) is 7.10. The second-order valence-electron chi connectivity index (χ2n) is 7.66. The SMILES string of the molecule is Cc1cccc(N2CCN(C(=O)Cc3c(C)[nH]c4ccc(C)cc34)CC2)c1. The summed E-state index contributed by atoms with van der Waals surface area (Å²) in [5.74, 6) is 0.226. The van der Waals surface area contributed by atoms with Gasteiger partial charge in [-0.15, -0.1) is 0 Å². The molecule has 4 rings (SSSR count). The van der Waals surface area contributed by atoms with Crippen molar-refractivity contribution >= 4 is 22.5 Å². The maximum absolute atomic E-state index is 12.9. The number of anilines is 1. The number of aromatic amines is 1. The van der Waals surface area contributed by atoms with Crippen LogP contribution in [-0.4, -0.2) is 42.0 Å². The van der Waals surface area contributed by atoms with Crippen LogP contribution in [0.4, 0.5) is 5.69 Å². The second-order valence-corrected chi connectivity index (χ2v) is 7.66. The Morgan fingerprint density at radius 2 is 1.70 bits per heavy atom. The Bertz CT molecular complexity index is 980. The van der Waals surface area contributed by atoms with Gasteiger partial charge in [0.1, 0.15) is 0 Å². The molecule has 0 spiro atoms. The zero-order chi connectivity index (χ0) is 19.0. The molecule has 0 radical (unpaired) electrons. The number of aryl methyl sites for hydroxylation is 3. The number of nitrogens with zero attached hydrogens (tertiary/aromatic N) is 2. The summed E-state index contributed by atoms with van der Waals surface area (Å²) in [5.41, 5.74) is 7.11. The number of H-pyrrole nitrogens is 1. The number of benzene rings is 2. The Hall–Kier alpha value is -2.75. The maximum atomic E-state index is 12.9. The van der Waals surface area contributed by atoms with E-state index in [1.165, 1.54) is 22.2 Å². The van der Waals surface area contributed by atoms with Gasteiger partial charge in [-0.25, -0.2) is 0 Å². The van der Waals surface area contributed by atoms with Crippen LogP contribution >= 0.6 is 0 Å². The van der Waals surface area contributed by atoms with Crippen molar-refractivity contribution in [1.82, 2.24) is 9.88 Å². The van der Waals surface area contributed by atoms with Gasteiger partial charge in [-0.1, -0.05) is 23.8 Å². The third-order valence-corrected chi connectivity index (χ3v) is 5.60. The van der Waals surface area contributed by atoms with E-state index in [-0.39, 0.29) is 5.91 Å². The van der Waals surface area contributed by atoms with Gasteiger partial charge in [0.15, 0.2) is 0 Å². The van der Waals surface area contributed by atoms with Crippen LogP contribution in [0.1, 0.15) is 22.4 Å². The summed E-state index contributed by atoms with van der Waals surface area (Å²) in [4.78, 5) is 20.7. The van der Waals surface area contributed by atoms with Crippen LogP contribution in [0.25, 0.3) is 10.9 Å². The van der Waals surface area contributed by atoms with Crippen molar-refractivity contribution in [3.05, 3.63) is 64.8 Å². The van der Waals surface area contributed by atoms with E-state index in [1.54, 1.807) is 0 Å². The standard InChI is InChI=1S/C23H27N3O/c1-16-5-4-6-19(13-16)25-9-11-26(12-10-25)23(27)15-20-18(3)24-22-8-7-17(2)14-21(20)22/h4-8,13-14,24H,9-12,15H2,1-3H3. The van der Waals surface area contributed by atoms with E-state index < -0.39 is 0 Å². The Morgan fingerprint density at radius 1 is 0.963 bits per heavy atom. The van der Waals surface area contributed by atoms with Crippen molar-refractivity contribution in [3.63, 3.8) is 0 Å². The Morgan fingerprint density at radius 3 is 2.44 bits per heavy atom. The number of carbonyl (C=O) groups is 1. The minimum absolute atomic E-state index is 0.226. The van der Waals surface area contributed by atoms with Gasteiger partial charge in [0.05, 0.1) is 6.42 Å². The van der Waals surface area contributed by atoms with E-state index in [1.807, 2.05) is 4.90 Å². The smallest absolute Gasteiger partial charge is 0.227 e. The molecule has 4 nitrogen and oxygen atoms in total. The van der Waals surface area contributed by atoms with E-state index in [2.05, 4.69) is 73.1 Å². The number of aromatic nitrogens is 1. The molecule has 1 aromatic heterocycles. The number of carbonyl (C=O) groups excluding carboxylic acids is 1. The predicted molar refractivity (Wildman–Crippen MR) is 111 cm³/mol. The highest BCUT2D eigenvalue weighted by molar-refractivity contribution is 5.90. The molecular formula is C23H27N3O. The quantitative estimate of drug-likeness (QED) is 0.766. The molecule has 1 aliphatic rings. The summed E-state index contributed by atoms with van der Waals surface area (Å²) in [5, 5.41) is 1.18. The lowest BCUT2D eigenvalue weighted by Gasteiger charge is -2.36. The molecule has 0 unspecified atom stereocenters. The maximum Gasteiger partial charge on any atom is 0.227 e. The predicted octanol–water partition coefficient (Wildman–Crippen LogP) is 3.98. The average molecular weight is 361 g/mol. The van der Waals surface area contributed by atoms with Gasteiger partial charge in [-0.05, 0) is 56.2 Å². The van der Waals surface area contributed by atoms with E-state index in [9.17, 15) is 4.79 Å². The topological polar surface area (TPSA) is 39.3 Å². The molecule has 0 bridgehead atoms. The molecular weight excluding hydrogens is 334 g/mol. The first-order chi connectivity index (χ1) is 13.0. The summed E-state index contributed by atoms with van der Waals surface area (Å²) < 4.78 is 0. The van der Waals surface area contributed by atoms with Gasteiger partial charge >= 0.3 is 0 Å².